The third kappa shape index (κ3) is 3.91. The number of urea groups is 1. The molecule has 0 radical (unpaired) electrons. The highest BCUT2D eigenvalue weighted by Gasteiger charge is 2.26. The number of hydrogen-bond donors (Lipinski definition) is 3. The van der Waals surface area contributed by atoms with Gasteiger partial charge in [0.05, 0.1) is 24.0 Å². The van der Waals surface area contributed by atoms with Crippen LogP contribution < -0.4 is 10.6 Å². The average molecular weight is 281 g/mol. The Hall–Kier alpha value is -2.18. The van der Waals surface area contributed by atoms with Gasteiger partial charge in [0, 0.05) is 12.1 Å². The van der Waals surface area contributed by atoms with Crippen molar-refractivity contribution in [1.29, 1.82) is 0 Å². The van der Waals surface area contributed by atoms with E-state index in [-0.39, 0.29) is 17.6 Å². The van der Waals surface area contributed by atoms with Crippen LogP contribution in [0.5, 0.6) is 0 Å². The van der Waals surface area contributed by atoms with E-state index in [9.17, 15) is 14.0 Å². The van der Waals surface area contributed by atoms with Gasteiger partial charge in [0.25, 0.3) is 0 Å². The Morgan fingerprint density at radius 3 is 2.55 bits per heavy atom. The third-order valence-electron chi connectivity index (χ3n) is 3.37. The number of carbonyl (C=O) groups is 2. The number of carboxylic acid groups (broad SMARTS) is 1. The van der Waals surface area contributed by atoms with Crippen molar-refractivity contribution < 1.29 is 19.1 Å². The quantitative estimate of drug-likeness (QED) is 0.790. The van der Waals surface area contributed by atoms with Crippen molar-refractivity contribution in [2.45, 2.75) is 31.7 Å². The first-order valence-corrected chi connectivity index (χ1v) is 6.45. The summed E-state index contributed by atoms with van der Waals surface area (Å²) in [5.74, 6) is -1.62. The number of carboxylic acids is 1. The monoisotopic (exact) mass is 281 g/mol. The second kappa shape index (κ2) is 6.31. The Morgan fingerprint density at radius 1 is 1.25 bits per heavy atom. The molecule has 1 aliphatic rings. The summed E-state index contributed by atoms with van der Waals surface area (Å²) >= 11 is 0. The van der Waals surface area contributed by atoms with Crippen LogP contribution in [0.25, 0.3) is 0 Å². The van der Waals surface area contributed by atoms with E-state index in [0.717, 1.165) is 6.20 Å². The molecule has 1 saturated carbocycles. The first-order chi connectivity index (χ1) is 9.54. The van der Waals surface area contributed by atoms with E-state index in [1.54, 1.807) is 0 Å². The summed E-state index contributed by atoms with van der Waals surface area (Å²) in [5, 5.41) is 14.1. The molecule has 1 aliphatic carbocycles. The summed E-state index contributed by atoms with van der Waals surface area (Å²) in [6.07, 6.45) is 4.78. The van der Waals surface area contributed by atoms with Crippen LogP contribution >= 0.6 is 0 Å². The number of carbonyl (C=O) groups excluding carboxylic acids is 1. The first kappa shape index (κ1) is 14.2. The van der Waals surface area contributed by atoms with E-state index < -0.39 is 17.8 Å². The molecule has 2 rings (SSSR count). The van der Waals surface area contributed by atoms with E-state index in [1.807, 2.05) is 0 Å². The number of nitrogens with zero attached hydrogens (tertiary/aromatic N) is 1. The molecule has 0 aromatic carbocycles. The SMILES string of the molecule is O=C(Nc1cncc(F)c1)NC1CCC(C(=O)O)CC1. The summed E-state index contributed by atoms with van der Waals surface area (Å²) < 4.78 is 12.9. The molecular formula is C13H16FN3O3. The molecule has 20 heavy (non-hydrogen) atoms. The van der Waals surface area contributed by atoms with E-state index in [0.29, 0.717) is 25.7 Å². The maximum absolute atomic E-state index is 12.9. The van der Waals surface area contributed by atoms with Gasteiger partial charge in [-0.15, -0.1) is 0 Å². The van der Waals surface area contributed by atoms with Gasteiger partial charge in [-0.2, -0.15) is 0 Å². The van der Waals surface area contributed by atoms with Crippen molar-refractivity contribution >= 4 is 17.7 Å². The van der Waals surface area contributed by atoms with E-state index in [1.165, 1.54) is 12.3 Å². The minimum atomic E-state index is -0.779. The fourth-order valence-electron chi connectivity index (χ4n) is 2.32. The topological polar surface area (TPSA) is 91.3 Å². The molecule has 108 valence electrons. The fourth-order valence-corrected chi connectivity index (χ4v) is 2.32. The van der Waals surface area contributed by atoms with Crippen molar-refractivity contribution in [3.05, 3.63) is 24.3 Å². The third-order valence-corrected chi connectivity index (χ3v) is 3.37. The highest BCUT2D eigenvalue weighted by molar-refractivity contribution is 5.89. The Bertz CT molecular complexity index is 501. The van der Waals surface area contributed by atoms with Gasteiger partial charge >= 0.3 is 12.0 Å². The van der Waals surface area contributed by atoms with Crippen LogP contribution in [0.4, 0.5) is 14.9 Å². The lowest BCUT2D eigenvalue weighted by Gasteiger charge is -2.26. The summed E-state index contributed by atoms with van der Waals surface area (Å²) in [5.41, 5.74) is 0.279. The number of hydrogen-bond acceptors (Lipinski definition) is 3. The number of pyridine rings is 1. The molecule has 0 aliphatic heterocycles. The predicted octanol–water partition coefficient (Wildman–Crippen LogP) is 1.99. The Morgan fingerprint density at radius 2 is 1.95 bits per heavy atom. The molecule has 1 aromatic rings. The number of halogens is 1. The zero-order valence-electron chi connectivity index (χ0n) is 10.8. The van der Waals surface area contributed by atoms with Gasteiger partial charge in [-0.3, -0.25) is 9.78 Å². The van der Waals surface area contributed by atoms with Crippen LogP contribution in [0.1, 0.15) is 25.7 Å². The molecule has 0 spiro atoms. The highest BCUT2D eigenvalue weighted by atomic mass is 19.1. The van der Waals surface area contributed by atoms with Crippen molar-refractivity contribution in [3.63, 3.8) is 0 Å². The van der Waals surface area contributed by atoms with Crippen LogP contribution in [0.2, 0.25) is 0 Å². The number of rotatable bonds is 3. The van der Waals surface area contributed by atoms with Crippen LogP contribution in [0.15, 0.2) is 18.5 Å². The van der Waals surface area contributed by atoms with Crippen molar-refractivity contribution in [3.8, 4) is 0 Å². The number of nitrogens with one attached hydrogen (secondary N) is 2. The van der Waals surface area contributed by atoms with Gasteiger partial charge in [0.1, 0.15) is 5.82 Å². The molecule has 1 fully saturated rings. The highest BCUT2D eigenvalue weighted by Crippen LogP contribution is 2.24. The number of anilines is 1. The van der Waals surface area contributed by atoms with Gasteiger partial charge in [-0.05, 0) is 25.7 Å². The molecular weight excluding hydrogens is 265 g/mol. The molecule has 1 heterocycles. The van der Waals surface area contributed by atoms with Gasteiger partial charge in [0.15, 0.2) is 0 Å². The molecule has 0 unspecified atom stereocenters. The lowest BCUT2D eigenvalue weighted by Crippen LogP contribution is -2.41. The maximum atomic E-state index is 12.9. The lowest BCUT2D eigenvalue weighted by molar-refractivity contribution is -0.142. The van der Waals surface area contributed by atoms with Crippen LogP contribution in [-0.4, -0.2) is 28.1 Å². The minimum Gasteiger partial charge on any atom is -0.481 e. The summed E-state index contributed by atoms with van der Waals surface area (Å²) in [7, 11) is 0. The Kier molecular flexibility index (Phi) is 4.49. The van der Waals surface area contributed by atoms with Gasteiger partial charge in [0.2, 0.25) is 0 Å². The lowest BCUT2D eigenvalue weighted by atomic mass is 9.86. The number of aromatic nitrogens is 1. The number of aliphatic carboxylic acids is 1. The minimum absolute atomic E-state index is 0.0490. The summed E-state index contributed by atoms with van der Waals surface area (Å²) in [4.78, 5) is 26.2. The Labute approximate surface area is 115 Å². The Balaban J connectivity index is 1.80. The van der Waals surface area contributed by atoms with Crippen molar-refractivity contribution in [2.24, 2.45) is 5.92 Å². The predicted molar refractivity (Wildman–Crippen MR) is 69.7 cm³/mol. The molecule has 0 atom stereocenters. The van der Waals surface area contributed by atoms with E-state index >= 15 is 0 Å². The molecule has 3 N–H and O–H groups in total. The second-order valence-electron chi connectivity index (χ2n) is 4.88. The first-order valence-electron chi connectivity index (χ1n) is 6.45. The molecule has 1 aromatic heterocycles. The van der Waals surface area contributed by atoms with Crippen LogP contribution in [0, 0.1) is 11.7 Å². The standard InChI is InChI=1S/C13H16FN3O3/c14-9-5-11(7-15-6-9)17-13(20)16-10-3-1-8(2-4-10)12(18)19/h5-8,10H,1-4H2,(H,18,19)(H2,16,17,20). The molecule has 0 saturated heterocycles. The second-order valence-corrected chi connectivity index (χ2v) is 4.88. The smallest absolute Gasteiger partial charge is 0.319 e. The zero-order chi connectivity index (χ0) is 14.5. The normalized spacial score (nSPS) is 22.1. The van der Waals surface area contributed by atoms with Crippen molar-refractivity contribution in [2.75, 3.05) is 5.32 Å². The average Bonchev–Trinajstić information content (AvgIpc) is 2.39. The molecule has 7 heteroatoms. The van der Waals surface area contributed by atoms with E-state index in [4.69, 9.17) is 5.11 Å². The largest absolute Gasteiger partial charge is 0.481 e. The van der Waals surface area contributed by atoms with Crippen LogP contribution in [-0.2, 0) is 4.79 Å². The summed E-state index contributed by atoms with van der Waals surface area (Å²) in [6, 6.07) is 0.691. The molecule has 6 nitrogen and oxygen atoms in total. The summed E-state index contributed by atoms with van der Waals surface area (Å²) in [6.45, 7) is 0. The fraction of sp³-hybridized carbons (Fsp3) is 0.462. The van der Waals surface area contributed by atoms with Gasteiger partial charge < -0.3 is 15.7 Å². The maximum Gasteiger partial charge on any atom is 0.319 e. The molecule has 2 amide bonds. The van der Waals surface area contributed by atoms with E-state index in [2.05, 4.69) is 15.6 Å². The zero-order valence-corrected chi connectivity index (χ0v) is 10.8. The van der Waals surface area contributed by atoms with Crippen LogP contribution in [0.3, 0.4) is 0 Å². The van der Waals surface area contributed by atoms with Crippen molar-refractivity contribution in [1.82, 2.24) is 10.3 Å². The van der Waals surface area contributed by atoms with Gasteiger partial charge in [-0.1, -0.05) is 0 Å². The number of amides is 2. The van der Waals surface area contributed by atoms with Gasteiger partial charge in [-0.25, -0.2) is 9.18 Å². The molecule has 0 bridgehead atoms.